The molecule has 0 radical (unpaired) electrons. The molecule has 0 amide bonds. The Morgan fingerprint density at radius 3 is 1.92 bits per heavy atom. The summed E-state index contributed by atoms with van der Waals surface area (Å²) < 4.78 is 35.2. The zero-order valence-electron chi connectivity index (χ0n) is 14.0. The van der Waals surface area contributed by atoms with Crippen LogP contribution in [0, 0.1) is 5.41 Å². The normalized spacial score (nSPS) is 21.8. The number of ether oxygens (including phenoxy) is 2. The Labute approximate surface area is 142 Å². The molecule has 0 saturated heterocycles. The number of hydrogen-bond acceptors (Lipinski definition) is 6. The summed E-state index contributed by atoms with van der Waals surface area (Å²) in [5, 5.41) is -1.16. The van der Waals surface area contributed by atoms with Crippen LogP contribution in [0.15, 0.2) is 30.3 Å². The van der Waals surface area contributed by atoms with Crippen molar-refractivity contribution in [2.75, 3.05) is 19.0 Å². The quantitative estimate of drug-likeness (QED) is 0.547. The van der Waals surface area contributed by atoms with Crippen LogP contribution in [-0.4, -0.2) is 44.6 Å². The Morgan fingerprint density at radius 2 is 1.50 bits per heavy atom. The van der Waals surface area contributed by atoms with Crippen LogP contribution in [0.1, 0.15) is 32.3 Å². The highest BCUT2D eigenvalue weighted by Gasteiger charge is 2.81. The van der Waals surface area contributed by atoms with Crippen molar-refractivity contribution in [3.8, 4) is 0 Å². The molecule has 0 heterocycles. The summed E-state index contributed by atoms with van der Waals surface area (Å²) in [4.78, 5) is 25.2. The Hall–Kier alpha value is -1.89. The first-order chi connectivity index (χ1) is 11.4. The maximum atomic E-state index is 12.6. The fourth-order valence-corrected chi connectivity index (χ4v) is 5.17. The van der Waals surface area contributed by atoms with Crippen molar-refractivity contribution in [3.63, 3.8) is 0 Å². The SMILES string of the molecule is CCOC(=O)C1(C(=O)OCC)[C@H](c2ccccc2)[C@@H]1S(=O)(=O)CC. The number of rotatable bonds is 7. The number of carbonyl (C=O) groups excluding carboxylic acids is 2. The van der Waals surface area contributed by atoms with Crippen molar-refractivity contribution in [2.45, 2.75) is 31.9 Å². The molecule has 2 atom stereocenters. The lowest BCUT2D eigenvalue weighted by Crippen LogP contribution is -2.36. The average molecular weight is 354 g/mol. The summed E-state index contributed by atoms with van der Waals surface area (Å²) >= 11 is 0. The van der Waals surface area contributed by atoms with Gasteiger partial charge in [0.05, 0.1) is 18.5 Å². The van der Waals surface area contributed by atoms with Crippen LogP contribution in [0.4, 0.5) is 0 Å². The molecule has 2 rings (SSSR count). The number of sulfone groups is 1. The van der Waals surface area contributed by atoms with Crippen LogP contribution >= 0.6 is 0 Å². The summed E-state index contributed by atoms with van der Waals surface area (Å²) in [6, 6.07) is 8.69. The molecule has 0 unspecified atom stereocenters. The van der Waals surface area contributed by atoms with Gasteiger partial charge in [-0.3, -0.25) is 9.59 Å². The fourth-order valence-electron chi connectivity index (χ4n) is 3.19. The van der Waals surface area contributed by atoms with Gasteiger partial charge in [-0.05, 0) is 19.4 Å². The first kappa shape index (κ1) is 18.4. The number of carbonyl (C=O) groups is 2. The summed E-state index contributed by atoms with van der Waals surface area (Å²) in [5.74, 6) is -2.62. The third-order valence-electron chi connectivity index (χ3n) is 4.31. The van der Waals surface area contributed by atoms with E-state index in [9.17, 15) is 18.0 Å². The number of benzene rings is 1. The lowest BCUT2D eigenvalue weighted by Gasteiger charge is -2.15. The van der Waals surface area contributed by atoms with E-state index in [-0.39, 0.29) is 19.0 Å². The van der Waals surface area contributed by atoms with Gasteiger partial charge in [-0.2, -0.15) is 0 Å². The van der Waals surface area contributed by atoms with Crippen LogP contribution in [0.2, 0.25) is 0 Å². The molecule has 0 aromatic heterocycles. The minimum atomic E-state index is -3.66. The van der Waals surface area contributed by atoms with Crippen molar-refractivity contribution in [1.29, 1.82) is 0 Å². The van der Waals surface area contributed by atoms with E-state index in [4.69, 9.17) is 9.47 Å². The predicted octanol–water partition coefficient (Wildman–Crippen LogP) is 1.70. The molecular weight excluding hydrogens is 332 g/mol. The summed E-state index contributed by atoms with van der Waals surface area (Å²) in [5.41, 5.74) is -1.21. The van der Waals surface area contributed by atoms with Crippen molar-refractivity contribution in [1.82, 2.24) is 0 Å². The van der Waals surface area contributed by atoms with Crippen LogP contribution < -0.4 is 0 Å². The minimum absolute atomic E-state index is 0.0559. The van der Waals surface area contributed by atoms with Crippen molar-refractivity contribution >= 4 is 21.8 Å². The van der Waals surface area contributed by atoms with E-state index in [0.717, 1.165) is 0 Å². The zero-order valence-corrected chi connectivity index (χ0v) is 14.8. The standard InChI is InChI=1S/C17H22O6S/c1-4-22-15(18)17(16(19)23-5-2)13(12-10-8-7-9-11-12)14(17)24(20,21)6-3/h7-11,13-14H,4-6H2,1-3H3/t13-,14+/m1/s1. The van der Waals surface area contributed by atoms with Crippen LogP contribution in [0.5, 0.6) is 0 Å². The number of hydrogen-bond donors (Lipinski definition) is 0. The Bertz CT molecular complexity index is 692. The van der Waals surface area contributed by atoms with Gasteiger partial charge in [-0.15, -0.1) is 0 Å². The van der Waals surface area contributed by atoms with E-state index in [1.165, 1.54) is 6.92 Å². The predicted molar refractivity (Wildman–Crippen MR) is 88.1 cm³/mol. The van der Waals surface area contributed by atoms with E-state index in [0.29, 0.717) is 5.56 Å². The molecule has 0 N–H and O–H groups in total. The lowest BCUT2D eigenvalue weighted by molar-refractivity contribution is -0.164. The number of esters is 2. The first-order valence-electron chi connectivity index (χ1n) is 7.98. The highest BCUT2D eigenvalue weighted by molar-refractivity contribution is 7.92. The molecule has 7 heteroatoms. The van der Waals surface area contributed by atoms with Crippen molar-refractivity contribution < 1.29 is 27.5 Å². The molecule has 6 nitrogen and oxygen atoms in total. The third kappa shape index (κ3) is 2.81. The molecule has 1 fully saturated rings. The molecular formula is C17H22O6S. The van der Waals surface area contributed by atoms with E-state index >= 15 is 0 Å². The molecule has 1 aromatic carbocycles. The monoisotopic (exact) mass is 354 g/mol. The maximum absolute atomic E-state index is 12.6. The molecule has 24 heavy (non-hydrogen) atoms. The Balaban J connectivity index is 2.60. The van der Waals surface area contributed by atoms with E-state index in [1.807, 2.05) is 0 Å². The van der Waals surface area contributed by atoms with Gasteiger partial charge < -0.3 is 9.47 Å². The first-order valence-corrected chi connectivity index (χ1v) is 9.70. The molecule has 1 aliphatic carbocycles. The molecule has 132 valence electrons. The summed E-state index contributed by atoms with van der Waals surface area (Å²) in [6.45, 7) is 4.83. The van der Waals surface area contributed by atoms with E-state index in [2.05, 4.69) is 0 Å². The molecule has 1 saturated carbocycles. The van der Waals surface area contributed by atoms with Gasteiger partial charge in [0.15, 0.2) is 15.3 Å². The van der Waals surface area contributed by atoms with Gasteiger partial charge in [0.2, 0.25) is 0 Å². The summed E-state index contributed by atoms with van der Waals surface area (Å²) in [6.07, 6.45) is 0. The molecule has 1 aliphatic rings. The molecule has 0 aliphatic heterocycles. The van der Waals surface area contributed by atoms with Crippen LogP contribution in [0.3, 0.4) is 0 Å². The van der Waals surface area contributed by atoms with Gasteiger partial charge in [-0.25, -0.2) is 8.42 Å². The second kappa shape index (κ2) is 6.93. The summed E-state index contributed by atoms with van der Waals surface area (Å²) in [7, 11) is -3.66. The van der Waals surface area contributed by atoms with Crippen molar-refractivity contribution in [2.24, 2.45) is 5.41 Å². The molecule has 1 aromatic rings. The lowest BCUT2D eigenvalue weighted by atomic mass is 9.99. The van der Waals surface area contributed by atoms with Crippen LogP contribution in [-0.2, 0) is 28.9 Å². The largest absolute Gasteiger partial charge is 0.465 e. The topological polar surface area (TPSA) is 86.7 Å². The van der Waals surface area contributed by atoms with Crippen molar-refractivity contribution in [3.05, 3.63) is 35.9 Å². The van der Waals surface area contributed by atoms with E-state index in [1.54, 1.807) is 44.2 Å². The third-order valence-corrected chi connectivity index (χ3v) is 6.53. The van der Waals surface area contributed by atoms with Gasteiger partial charge in [0, 0.05) is 11.7 Å². The molecule has 0 spiro atoms. The van der Waals surface area contributed by atoms with E-state index < -0.39 is 38.4 Å². The maximum Gasteiger partial charge on any atom is 0.325 e. The van der Waals surface area contributed by atoms with Gasteiger partial charge in [0.1, 0.15) is 0 Å². The highest BCUT2D eigenvalue weighted by Crippen LogP contribution is 2.64. The van der Waals surface area contributed by atoms with Gasteiger partial charge in [-0.1, -0.05) is 37.3 Å². The van der Waals surface area contributed by atoms with Crippen LogP contribution in [0.25, 0.3) is 0 Å². The Kier molecular flexibility index (Phi) is 5.32. The zero-order chi connectivity index (χ0) is 18.0. The molecule has 0 bridgehead atoms. The second-order valence-electron chi connectivity index (χ2n) is 5.57. The fraction of sp³-hybridized carbons (Fsp3) is 0.529. The highest BCUT2D eigenvalue weighted by atomic mass is 32.2. The smallest absolute Gasteiger partial charge is 0.325 e. The second-order valence-corrected chi connectivity index (χ2v) is 7.98. The Morgan fingerprint density at radius 1 is 1.00 bits per heavy atom. The minimum Gasteiger partial charge on any atom is -0.465 e. The average Bonchev–Trinajstić information content (AvgIpc) is 3.29. The van der Waals surface area contributed by atoms with Gasteiger partial charge in [0.25, 0.3) is 0 Å². The van der Waals surface area contributed by atoms with Gasteiger partial charge >= 0.3 is 11.9 Å².